The molecule has 0 aromatic carbocycles. The van der Waals surface area contributed by atoms with Crippen molar-refractivity contribution in [1.82, 2.24) is 0 Å². The molecule has 0 spiro atoms. The van der Waals surface area contributed by atoms with Gasteiger partial charge >= 0.3 is 0 Å². The molecule has 2 heterocycles. The van der Waals surface area contributed by atoms with E-state index in [4.69, 9.17) is 8.83 Å². The number of aryl methyl sites for hydroxylation is 4. The van der Waals surface area contributed by atoms with Crippen molar-refractivity contribution >= 4 is 19.6 Å². The van der Waals surface area contributed by atoms with Crippen LogP contribution in [0.2, 0.25) is 0 Å². The van der Waals surface area contributed by atoms with Crippen LogP contribution < -0.4 is 11.0 Å². The van der Waals surface area contributed by atoms with Gasteiger partial charge in [0.1, 0.15) is 22.5 Å². The van der Waals surface area contributed by atoms with Crippen molar-refractivity contribution in [2.24, 2.45) is 0 Å². The molecule has 2 rings (SSSR count). The first-order valence-electron chi connectivity index (χ1n) is 4.97. The predicted molar refractivity (Wildman–Crippen MR) is 63.9 cm³/mol. The minimum Gasteiger partial charge on any atom is -0.461 e. The van der Waals surface area contributed by atoms with Crippen molar-refractivity contribution in [3.63, 3.8) is 0 Å². The topological polar surface area (TPSA) is 26.3 Å². The first-order valence-corrected chi connectivity index (χ1v) is 5.97. The molecular formula is C12H15O2P. The van der Waals surface area contributed by atoms with Crippen LogP contribution in [0.3, 0.4) is 0 Å². The van der Waals surface area contributed by atoms with E-state index in [0.29, 0.717) is 8.58 Å². The van der Waals surface area contributed by atoms with Crippen molar-refractivity contribution < 1.29 is 8.83 Å². The molecule has 0 saturated carbocycles. The average molecular weight is 222 g/mol. The third kappa shape index (κ3) is 2.15. The van der Waals surface area contributed by atoms with Gasteiger partial charge in [-0.05, 0) is 51.0 Å². The van der Waals surface area contributed by atoms with Crippen LogP contribution in [0.1, 0.15) is 22.6 Å². The molecule has 15 heavy (non-hydrogen) atoms. The van der Waals surface area contributed by atoms with E-state index < -0.39 is 0 Å². The van der Waals surface area contributed by atoms with E-state index in [1.54, 1.807) is 0 Å². The Bertz CT molecular complexity index is 397. The molecule has 3 heteroatoms. The lowest BCUT2D eigenvalue weighted by atomic mass is 10.3. The summed E-state index contributed by atoms with van der Waals surface area (Å²) in [7, 11) is 0.478. The molecule has 0 N–H and O–H groups in total. The monoisotopic (exact) mass is 222 g/mol. The van der Waals surface area contributed by atoms with Crippen LogP contribution in [0, 0.1) is 27.7 Å². The SMILES string of the molecule is Cc1cc(Pc2cc(C)c(C)o2)oc1C. The van der Waals surface area contributed by atoms with E-state index in [1.807, 2.05) is 13.8 Å². The molecule has 80 valence electrons. The summed E-state index contributed by atoms with van der Waals surface area (Å²) in [4.78, 5) is 0. The molecule has 2 nitrogen and oxygen atoms in total. The van der Waals surface area contributed by atoms with Gasteiger partial charge in [-0.1, -0.05) is 0 Å². The largest absolute Gasteiger partial charge is 0.461 e. The summed E-state index contributed by atoms with van der Waals surface area (Å²) in [6.45, 7) is 8.10. The van der Waals surface area contributed by atoms with Gasteiger partial charge in [-0.2, -0.15) is 0 Å². The summed E-state index contributed by atoms with van der Waals surface area (Å²) >= 11 is 0. The molecule has 0 radical (unpaired) electrons. The normalized spacial score (nSPS) is 10.9. The fourth-order valence-corrected chi connectivity index (χ4v) is 2.62. The highest BCUT2D eigenvalue weighted by atomic mass is 31.1. The van der Waals surface area contributed by atoms with Crippen molar-refractivity contribution in [3.05, 3.63) is 34.8 Å². The first kappa shape index (κ1) is 10.5. The number of hydrogen-bond donors (Lipinski definition) is 0. The van der Waals surface area contributed by atoms with Gasteiger partial charge in [-0.3, -0.25) is 0 Å². The standard InChI is InChI=1S/C12H15O2P/c1-7-5-11(13-9(7)3)15-12-6-8(2)10(4)14-12/h5-6,15H,1-4H3. The van der Waals surface area contributed by atoms with E-state index in [9.17, 15) is 0 Å². The smallest absolute Gasteiger partial charge is 0.130 e. The zero-order valence-corrected chi connectivity index (χ0v) is 10.5. The van der Waals surface area contributed by atoms with Crippen LogP contribution in [-0.4, -0.2) is 0 Å². The Labute approximate surface area is 91.5 Å². The Morgan fingerprint density at radius 3 is 1.47 bits per heavy atom. The Kier molecular flexibility index (Phi) is 2.70. The van der Waals surface area contributed by atoms with Gasteiger partial charge in [0.15, 0.2) is 0 Å². The quantitative estimate of drug-likeness (QED) is 0.730. The van der Waals surface area contributed by atoms with Crippen LogP contribution in [0.15, 0.2) is 21.0 Å². The molecule has 0 saturated heterocycles. The van der Waals surface area contributed by atoms with Crippen LogP contribution in [0.5, 0.6) is 0 Å². The summed E-state index contributed by atoms with van der Waals surface area (Å²) < 4.78 is 11.2. The molecule has 2 aromatic heterocycles. The third-order valence-electron chi connectivity index (χ3n) is 2.58. The second kappa shape index (κ2) is 3.86. The summed E-state index contributed by atoms with van der Waals surface area (Å²) in [5, 5.41) is 0. The van der Waals surface area contributed by atoms with Crippen molar-refractivity contribution in [2.45, 2.75) is 27.7 Å². The second-order valence-corrected chi connectivity index (χ2v) is 5.06. The average Bonchev–Trinajstić information content (AvgIpc) is 2.59. The van der Waals surface area contributed by atoms with E-state index in [0.717, 1.165) is 22.5 Å². The van der Waals surface area contributed by atoms with Crippen molar-refractivity contribution in [3.8, 4) is 0 Å². The third-order valence-corrected chi connectivity index (χ3v) is 3.56. The molecule has 0 unspecified atom stereocenters. The maximum absolute atomic E-state index is 5.62. The van der Waals surface area contributed by atoms with Crippen LogP contribution in [0.4, 0.5) is 0 Å². The maximum Gasteiger partial charge on any atom is 0.130 e. The van der Waals surface area contributed by atoms with Gasteiger partial charge in [0.05, 0.1) is 0 Å². The molecule has 0 amide bonds. The maximum atomic E-state index is 5.62. The zero-order valence-electron chi connectivity index (χ0n) is 9.47. The Hall–Kier alpha value is -1.01. The highest BCUT2D eigenvalue weighted by Gasteiger charge is 2.08. The van der Waals surface area contributed by atoms with E-state index in [1.165, 1.54) is 11.1 Å². The molecule has 2 aromatic rings. The number of furan rings is 2. The Morgan fingerprint density at radius 2 is 1.20 bits per heavy atom. The number of hydrogen-bond acceptors (Lipinski definition) is 2. The molecular weight excluding hydrogens is 207 g/mol. The zero-order chi connectivity index (χ0) is 11.0. The summed E-state index contributed by atoms with van der Waals surface area (Å²) in [6.07, 6.45) is 0. The Morgan fingerprint density at radius 1 is 0.800 bits per heavy atom. The van der Waals surface area contributed by atoms with Gasteiger partial charge in [-0.25, -0.2) is 0 Å². The van der Waals surface area contributed by atoms with Crippen LogP contribution >= 0.6 is 8.58 Å². The molecule has 0 aliphatic carbocycles. The van der Waals surface area contributed by atoms with Crippen LogP contribution in [-0.2, 0) is 0 Å². The lowest BCUT2D eigenvalue weighted by molar-refractivity contribution is 0.556. The lowest BCUT2D eigenvalue weighted by Gasteiger charge is -1.91. The van der Waals surface area contributed by atoms with Crippen molar-refractivity contribution in [1.29, 1.82) is 0 Å². The van der Waals surface area contributed by atoms with Gasteiger partial charge in [0.2, 0.25) is 0 Å². The highest BCUT2D eigenvalue weighted by molar-refractivity contribution is 7.54. The Balaban J connectivity index is 2.21. The van der Waals surface area contributed by atoms with Gasteiger partial charge in [-0.15, -0.1) is 0 Å². The lowest BCUT2D eigenvalue weighted by Crippen LogP contribution is -1.97. The molecule has 0 fully saturated rings. The van der Waals surface area contributed by atoms with E-state index in [2.05, 4.69) is 26.0 Å². The van der Waals surface area contributed by atoms with Gasteiger partial charge in [0, 0.05) is 8.58 Å². The number of rotatable bonds is 2. The van der Waals surface area contributed by atoms with Crippen LogP contribution in [0.25, 0.3) is 0 Å². The minimum atomic E-state index is 0.478. The van der Waals surface area contributed by atoms with E-state index >= 15 is 0 Å². The van der Waals surface area contributed by atoms with Gasteiger partial charge < -0.3 is 8.83 Å². The summed E-state index contributed by atoms with van der Waals surface area (Å²) in [6, 6.07) is 4.17. The second-order valence-electron chi connectivity index (χ2n) is 3.82. The fourth-order valence-electron chi connectivity index (χ4n) is 1.39. The summed E-state index contributed by atoms with van der Waals surface area (Å²) in [5.74, 6) is 2.00. The molecule has 0 bridgehead atoms. The fraction of sp³-hybridized carbons (Fsp3) is 0.333. The summed E-state index contributed by atoms with van der Waals surface area (Å²) in [5.41, 5.74) is 4.41. The molecule has 0 atom stereocenters. The van der Waals surface area contributed by atoms with E-state index in [-0.39, 0.29) is 0 Å². The first-order chi connectivity index (χ1) is 7.06. The molecule has 0 aliphatic heterocycles. The minimum absolute atomic E-state index is 0.478. The predicted octanol–water partition coefficient (Wildman–Crippen LogP) is 2.74. The van der Waals surface area contributed by atoms with Crippen molar-refractivity contribution in [2.75, 3.05) is 0 Å². The highest BCUT2D eigenvalue weighted by Crippen LogP contribution is 2.18. The molecule has 0 aliphatic rings. The van der Waals surface area contributed by atoms with Gasteiger partial charge in [0.25, 0.3) is 0 Å².